The Hall–Kier alpha value is -0.610. The van der Waals surface area contributed by atoms with Gasteiger partial charge in [-0.05, 0) is 66.5 Å². The molecule has 0 spiro atoms. The van der Waals surface area contributed by atoms with Crippen molar-refractivity contribution in [2.75, 3.05) is 32.7 Å². The van der Waals surface area contributed by atoms with Gasteiger partial charge in [0.1, 0.15) is 0 Å². The summed E-state index contributed by atoms with van der Waals surface area (Å²) in [5, 5.41) is 0. The zero-order valence-electron chi connectivity index (χ0n) is 15.1. The molecule has 2 saturated heterocycles. The molecule has 2 rings (SSSR count). The van der Waals surface area contributed by atoms with Gasteiger partial charge in [0.25, 0.3) is 0 Å². The van der Waals surface area contributed by atoms with Gasteiger partial charge in [-0.15, -0.1) is 0 Å². The van der Waals surface area contributed by atoms with Gasteiger partial charge < -0.3 is 9.80 Å². The first-order valence-electron chi connectivity index (χ1n) is 9.26. The van der Waals surface area contributed by atoms with Crippen molar-refractivity contribution < 1.29 is 4.79 Å². The Morgan fingerprint density at radius 1 is 0.955 bits per heavy atom. The summed E-state index contributed by atoms with van der Waals surface area (Å²) in [5.41, 5.74) is 0. The van der Waals surface area contributed by atoms with Gasteiger partial charge in [0.05, 0.1) is 6.54 Å². The lowest BCUT2D eigenvalue weighted by molar-refractivity contribution is -0.136. The van der Waals surface area contributed by atoms with E-state index in [4.69, 9.17) is 0 Å². The SMILES string of the molecule is CC(C)N(C(=O)CN1CCC(N2CCCCC2)CC1)C(C)C. The Morgan fingerprint density at radius 2 is 1.50 bits per heavy atom. The molecule has 2 aliphatic rings. The molecule has 2 fully saturated rings. The smallest absolute Gasteiger partial charge is 0.237 e. The number of hydrogen-bond donors (Lipinski definition) is 0. The summed E-state index contributed by atoms with van der Waals surface area (Å²) in [6.07, 6.45) is 6.62. The zero-order valence-corrected chi connectivity index (χ0v) is 15.1. The molecule has 4 nitrogen and oxygen atoms in total. The monoisotopic (exact) mass is 309 g/mol. The highest BCUT2D eigenvalue weighted by molar-refractivity contribution is 5.78. The predicted octanol–water partition coefficient (Wildman–Crippen LogP) is 2.58. The molecule has 0 saturated carbocycles. The fourth-order valence-electron chi connectivity index (χ4n) is 4.17. The van der Waals surface area contributed by atoms with Gasteiger partial charge in [-0.25, -0.2) is 0 Å². The maximum atomic E-state index is 12.6. The van der Waals surface area contributed by atoms with Gasteiger partial charge in [0, 0.05) is 31.2 Å². The third-order valence-electron chi connectivity index (χ3n) is 5.22. The molecule has 2 heterocycles. The van der Waals surface area contributed by atoms with Crippen molar-refractivity contribution in [3.8, 4) is 0 Å². The second-order valence-electron chi connectivity index (χ2n) is 7.59. The van der Waals surface area contributed by atoms with Crippen molar-refractivity contribution in [3.63, 3.8) is 0 Å². The molecule has 4 heteroatoms. The van der Waals surface area contributed by atoms with Gasteiger partial charge in [-0.1, -0.05) is 6.42 Å². The van der Waals surface area contributed by atoms with Crippen LogP contribution >= 0.6 is 0 Å². The van der Waals surface area contributed by atoms with E-state index < -0.39 is 0 Å². The van der Waals surface area contributed by atoms with Crippen molar-refractivity contribution in [2.45, 2.75) is 77.9 Å². The van der Waals surface area contributed by atoms with E-state index in [0.29, 0.717) is 24.5 Å². The molecule has 0 aliphatic carbocycles. The summed E-state index contributed by atoms with van der Waals surface area (Å²) < 4.78 is 0. The molecule has 0 unspecified atom stereocenters. The van der Waals surface area contributed by atoms with Crippen LogP contribution < -0.4 is 0 Å². The van der Waals surface area contributed by atoms with Crippen molar-refractivity contribution >= 4 is 5.91 Å². The average Bonchev–Trinajstić information content (AvgIpc) is 2.48. The lowest BCUT2D eigenvalue weighted by atomic mass is 10.00. The van der Waals surface area contributed by atoms with Gasteiger partial charge in [-0.3, -0.25) is 9.69 Å². The molecule has 1 amide bonds. The second-order valence-corrected chi connectivity index (χ2v) is 7.59. The summed E-state index contributed by atoms with van der Waals surface area (Å²) >= 11 is 0. The van der Waals surface area contributed by atoms with Crippen LogP contribution in [-0.4, -0.2) is 71.5 Å². The third-order valence-corrected chi connectivity index (χ3v) is 5.22. The molecule has 0 aromatic carbocycles. The van der Waals surface area contributed by atoms with Crippen LogP contribution in [0.2, 0.25) is 0 Å². The Morgan fingerprint density at radius 3 is 2.00 bits per heavy atom. The van der Waals surface area contributed by atoms with Crippen LogP contribution in [0.5, 0.6) is 0 Å². The minimum absolute atomic E-state index is 0.290. The average molecular weight is 309 g/mol. The van der Waals surface area contributed by atoms with Crippen molar-refractivity contribution in [2.24, 2.45) is 0 Å². The standard InChI is InChI=1S/C18H35N3O/c1-15(2)21(16(3)4)18(22)14-19-12-8-17(9-13-19)20-10-6-5-7-11-20/h15-17H,5-14H2,1-4H3. The Balaban J connectivity index is 1.77. The Kier molecular flexibility index (Phi) is 6.69. The van der Waals surface area contributed by atoms with Crippen LogP contribution in [-0.2, 0) is 4.79 Å². The summed E-state index contributed by atoms with van der Waals surface area (Å²) in [6, 6.07) is 1.34. The lowest BCUT2D eigenvalue weighted by Gasteiger charge is -2.41. The topological polar surface area (TPSA) is 26.8 Å². The van der Waals surface area contributed by atoms with Crippen LogP contribution in [0.3, 0.4) is 0 Å². The van der Waals surface area contributed by atoms with E-state index in [9.17, 15) is 4.79 Å². The van der Waals surface area contributed by atoms with E-state index in [2.05, 4.69) is 37.5 Å². The number of nitrogens with zero attached hydrogens (tertiary/aromatic N) is 3. The minimum Gasteiger partial charge on any atom is -0.337 e. The highest BCUT2D eigenvalue weighted by atomic mass is 16.2. The van der Waals surface area contributed by atoms with Gasteiger partial charge in [0.2, 0.25) is 5.91 Å². The van der Waals surface area contributed by atoms with Crippen molar-refractivity contribution in [1.29, 1.82) is 0 Å². The predicted molar refractivity (Wildman–Crippen MR) is 92.0 cm³/mol. The van der Waals surface area contributed by atoms with Gasteiger partial charge in [0.15, 0.2) is 0 Å². The molecule has 2 aliphatic heterocycles. The fraction of sp³-hybridized carbons (Fsp3) is 0.944. The van der Waals surface area contributed by atoms with E-state index in [1.165, 1.54) is 45.2 Å². The minimum atomic E-state index is 0.290. The Labute approximate surface area is 136 Å². The summed E-state index contributed by atoms with van der Waals surface area (Å²) in [5.74, 6) is 0.293. The molecule has 0 atom stereocenters. The van der Waals surface area contributed by atoms with Crippen LogP contribution in [0.25, 0.3) is 0 Å². The zero-order chi connectivity index (χ0) is 16.1. The quantitative estimate of drug-likeness (QED) is 0.781. The number of hydrogen-bond acceptors (Lipinski definition) is 3. The largest absolute Gasteiger partial charge is 0.337 e. The van der Waals surface area contributed by atoms with Crippen molar-refractivity contribution in [3.05, 3.63) is 0 Å². The van der Waals surface area contributed by atoms with Crippen LogP contribution in [0.15, 0.2) is 0 Å². The van der Waals surface area contributed by atoms with Gasteiger partial charge >= 0.3 is 0 Å². The molecule has 0 bridgehead atoms. The molecule has 0 N–H and O–H groups in total. The second kappa shape index (κ2) is 8.30. The molecular formula is C18H35N3O. The maximum Gasteiger partial charge on any atom is 0.237 e. The molecular weight excluding hydrogens is 274 g/mol. The van der Waals surface area contributed by atoms with Crippen LogP contribution in [0, 0.1) is 0 Å². The lowest BCUT2D eigenvalue weighted by Crippen LogP contribution is -2.51. The highest BCUT2D eigenvalue weighted by Crippen LogP contribution is 2.21. The molecule has 0 aromatic rings. The fourth-order valence-corrected chi connectivity index (χ4v) is 4.17. The van der Waals surface area contributed by atoms with E-state index >= 15 is 0 Å². The first-order valence-corrected chi connectivity index (χ1v) is 9.26. The van der Waals surface area contributed by atoms with Crippen LogP contribution in [0.4, 0.5) is 0 Å². The highest BCUT2D eigenvalue weighted by Gasteiger charge is 2.28. The van der Waals surface area contributed by atoms with Crippen molar-refractivity contribution in [1.82, 2.24) is 14.7 Å². The van der Waals surface area contributed by atoms with E-state index in [-0.39, 0.29) is 0 Å². The van der Waals surface area contributed by atoms with Crippen LogP contribution in [0.1, 0.15) is 59.8 Å². The maximum absolute atomic E-state index is 12.6. The molecule has 0 radical (unpaired) electrons. The first-order chi connectivity index (χ1) is 10.5. The summed E-state index contributed by atoms with van der Waals surface area (Å²) in [4.78, 5) is 19.6. The number of amides is 1. The molecule has 22 heavy (non-hydrogen) atoms. The first kappa shape index (κ1) is 17.7. The summed E-state index contributed by atoms with van der Waals surface area (Å²) in [6.45, 7) is 13.8. The number of rotatable bonds is 5. The number of carbonyl (C=O) groups is 1. The van der Waals surface area contributed by atoms with E-state index in [1.54, 1.807) is 0 Å². The Bertz CT molecular complexity index is 334. The molecule has 0 aromatic heterocycles. The normalized spacial score (nSPS) is 22.5. The molecule has 128 valence electrons. The number of carbonyl (C=O) groups excluding carboxylic acids is 1. The van der Waals surface area contributed by atoms with Gasteiger partial charge in [-0.2, -0.15) is 0 Å². The van der Waals surface area contributed by atoms with E-state index in [1.807, 2.05) is 4.90 Å². The number of piperidine rings is 2. The number of likely N-dealkylation sites (tertiary alicyclic amines) is 2. The summed E-state index contributed by atoms with van der Waals surface area (Å²) in [7, 11) is 0. The third kappa shape index (κ3) is 4.69. The van der Waals surface area contributed by atoms with E-state index in [0.717, 1.165) is 19.1 Å².